The van der Waals surface area contributed by atoms with Crippen LogP contribution in [0.1, 0.15) is 11.3 Å². The van der Waals surface area contributed by atoms with Gasteiger partial charge >= 0.3 is 0 Å². The molecule has 29 heavy (non-hydrogen) atoms. The number of methoxy groups -OCH3 is 1. The van der Waals surface area contributed by atoms with Crippen molar-refractivity contribution < 1.29 is 39.2 Å². The predicted octanol–water partition coefficient (Wildman–Crippen LogP) is -0.131. The van der Waals surface area contributed by atoms with Crippen molar-refractivity contribution in [2.75, 3.05) is 13.7 Å². The summed E-state index contributed by atoms with van der Waals surface area (Å²) in [6, 6.07) is 11.1. The van der Waals surface area contributed by atoms with Crippen molar-refractivity contribution in [2.45, 2.75) is 30.7 Å². The SMILES string of the molecule is COc1cc(/C=C/c2cccc[n+]2C)ccc1O[C@@H]1O[C@H](CO)[C@H](O)[C@H](O)[C@H]1O. The molecule has 0 unspecified atom stereocenters. The molecule has 1 aromatic carbocycles. The van der Waals surface area contributed by atoms with Gasteiger partial charge in [-0.15, -0.1) is 0 Å². The van der Waals surface area contributed by atoms with E-state index < -0.39 is 37.3 Å². The smallest absolute Gasteiger partial charge is 0.229 e. The third-order valence-corrected chi connectivity index (χ3v) is 4.82. The van der Waals surface area contributed by atoms with Crippen LogP contribution in [0.5, 0.6) is 11.5 Å². The van der Waals surface area contributed by atoms with E-state index in [0.29, 0.717) is 11.5 Å². The Bertz CT molecular complexity index is 855. The summed E-state index contributed by atoms with van der Waals surface area (Å²) in [6.07, 6.45) is -0.910. The Labute approximate surface area is 168 Å². The van der Waals surface area contributed by atoms with Gasteiger partial charge in [0.15, 0.2) is 17.7 Å². The van der Waals surface area contributed by atoms with Crippen molar-refractivity contribution in [3.63, 3.8) is 0 Å². The topological polar surface area (TPSA) is 112 Å². The van der Waals surface area contributed by atoms with E-state index in [9.17, 15) is 20.4 Å². The Morgan fingerprint density at radius 3 is 2.52 bits per heavy atom. The molecule has 0 aliphatic carbocycles. The Morgan fingerprint density at radius 2 is 1.83 bits per heavy atom. The average Bonchev–Trinajstić information content (AvgIpc) is 2.74. The summed E-state index contributed by atoms with van der Waals surface area (Å²) in [6.45, 7) is -0.525. The molecule has 0 saturated carbocycles. The highest BCUT2D eigenvalue weighted by molar-refractivity contribution is 5.68. The molecule has 1 aliphatic heterocycles. The fourth-order valence-electron chi connectivity index (χ4n) is 3.07. The van der Waals surface area contributed by atoms with Crippen LogP contribution in [0.15, 0.2) is 42.6 Å². The largest absolute Gasteiger partial charge is 0.493 e. The molecule has 1 aromatic heterocycles. The minimum absolute atomic E-state index is 0.291. The summed E-state index contributed by atoms with van der Waals surface area (Å²) < 4.78 is 18.4. The minimum atomic E-state index is -1.51. The highest BCUT2D eigenvalue weighted by atomic mass is 16.7. The zero-order chi connectivity index (χ0) is 21.0. The van der Waals surface area contributed by atoms with Crippen LogP contribution in [0.3, 0.4) is 0 Å². The van der Waals surface area contributed by atoms with Gasteiger partial charge in [0.25, 0.3) is 0 Å². The number of nitrogens with zero attached hydrogens (tertiary/aromatic N) is 1. The van der Waals surface area contributed by atoms with Crippen molar-refractivity contribution in [2.24, 2.45) is 7.05 Å². The molecule has 5 atom stereocenters. The zero-order valence-corrected chi connectivity index (χ0v) is 16.3. The monoisotopic (exact) mass is 404 g/mol. The first-order valence-corrected chi connectivity index (χ1v) is 9.22. The molecule has 4 N–H and O–H groups in total. The number of ether oxygens (including phenoxy) is 3. The van der Waals surface area contributed by atoms with E-state index in [4.69, 9.17) is 14.2 Å². The van der Waals surface area contributed by atoms with Gasteiger partial charge in [-0.1, -0.05) is 6.07 Å². The quantitative estimate of drug-likeness (QED) is 0.496. The number of benzene rings is 1. The van der Waals surface area contributed by atoms with E-state index in [1.807, 2.05) is 48.2 Å². The summed E-state index contributed by atoms with van der Waals surface area (Å²) in [4.78, 5) is 0. The van der Waals surface area contributed by atoms with Crippen LogP contribution in [0.2, 0.25) is 0 Å². The number of aliphatic hydroxyl groups excluding tert-OH is 4. The van der Waals surface area contributed by atoms with Crippen LogP contribution in [0.25, 0.3) is 12.2 Å². The van der Waals surface area contributed by atoms with Crippen LogP contribution < -0.4 is 14.0 Å². The lowest BCUT2D eigenvalue weighted by Crippen LogP contribution is -2.60. The minimum Gasteiger partial charge on any atom is -0.493 e. The molecular weight excluding hydrogens is 378 g/mol. The lowest BCUT2D eigenvalue weighted by Gasteiger charge is -2.39. The van der Waals surface area contributed by atoms with Gasteiger partial charge in [-0.25, -0.2) is 4.57 Å². The van der Waals surface area contributed by atoms with Crippen molar-refractivity contribution in [3.05, 3.63) is 53.9 Å². The number of hydrogen-bond donors (Lipinski definition) is 4. The lowest BCUT2D eigenvalue weighted by atomic mass is 9.99. The van der Waals surface area contributed by atoms with E-state index in [0.717, 1.165) is 11.3 Å². The Hall–Kier alpha value is -2.49. The highest BCUT2D eigenvalue weighted by Gasteiger charge is 2.44. The van der Waals surface area contributed by atoms with Gasteiger partial charge in [-0.3, -0.25) is 0 Å². The predicted molar refractivity (Wildman–Crippen MR) is 104 cm³/mol. The molecule has 0 spiro atoms. The van der Waals surface area contributed by atoms with E-state index in [-0.39, 0.29) is 0 Å². The van der Waals surface area contributed by atoms with Gasteiger partial charge < -0.3 is 34.6 Å². The van der Waals surface area contributed by atoms with Crippen LogP contribution in [-0.4, -0.2) is 64.8 Å². The van der Waals surface area contributed by atoms with Crippen LogP contribution in [0, 0.1) is 0 Å². The molecule has 1 fully saturated rings. The van der Waals surface area contributed by atoms with E-state index >= 15 is 0 Å². The number of aromatic nitrogens is 1. The van der Waals surface area contributed by atoms with E-state index in [2.05, 4.69) is 0 Å². The zero-order valence-electron chi connectivity index (χ0n) is 16.3. The molecule has 8 heteroatoms. The fraction of sp³-hybridized carbons (Fsp3) is 0.381. The maximum atomic E-state index is 10.1. The third-order valence-electron chi connectivity index (χ3n) is 4.82. The van der Waals surface area contributed by atoms with Gasteiger partial charge in [0, 0.05) is 18.2 Å². The number of hydrogen-bond acceptors (Lipinski definition) is 7. The second-order valence-corrected chi connectivity index (χ2v) is 6.80. The van der Waals surface area contributed by atoms with Crippen LogP contribution in [-0.2, 0) is 11.8 Å². The van der Waals surface area contributed by atoms with Gasteiger partial charge in [-0.2, -0.15) is 0 Å². The molecule has 1 saturated heterocycles. The van der Waals surface area contributed by atoms with Gasteiger partial charge in [0.1, 0.15) is 31.5 Å². The standard InChI is InChI=1S/C21H26NO7/c1-22-10-4-3-5-14(22)8-6-13-7-9-15(16(11-13)27-2)28-21-20(26)19(25)18(24)17(12-23)29-21/h3-11,17-21,23-26H,12H2,1-2H3/q+1/b8-6+/t17-,18+,19+,20-,21-/m1/s1. The highest BCUT2D eigenvalue weighted by Crippen LogP contribution is 2.32. The molecule has 0 bridgehead atoms. The second-order valence-electron chi connectivity index (χ2n) is 6.80. The fourth-order valence-corrected chi connectivity index (χ4v) is 3.07. The van der Waals surface area contributed by atoms with Crippen molar-refractivity contribution >= 4 is 12.2 Å². The normalized spacial score (nSPS) is 27.2. The molecule has 1 aliphatic rings. The van der Waals surface area contributed by atoms with Crippen molar-refractivity contribution in [1.82, 2.24) is 0 Å². The lowest BCUT2D eigenvalue weighted by molar-refractivity contribution is -0.673. The van der Waals surface area contributed by atoms with Crippen molar-refractivity contribution in [3.8, 4) is 11.5 Å². The van der Waals surface area contributed by atoms with Crippen molar-refractivity contribution in [1.29, 1.82) is 0 Å². The summed E-state index contributed by atoms with van der Waals surface area (Å²) in [5, 5.41) is 39.2. The molecule has 2 heterocycles. The van der Waals surface area contributed by atoms with Gasteiger partial charge in [0.05, 0.1) is 13.7 Å². The summed E-state index contributed by atoms with van der Waals surface area (Å²) in [5.41, 5.74) is 1.89. The second kappa shape index (κ2) is 9.34. The maximum absolute atomic E-state index is 10.1. The van der Waals surface area contributed by atoms with Gasteiger partial charge in [-0.05, 0) is 29.8 Å². The number of rotatable bonds is 6. The van der Waals surface area contributed by atoms with Crippen LogP contribution in [0.4, 0.5) is 0 Å². The first kappa shape index (κ1) is 21.2. The average molecular weight is 404 g/mol. The number of aliphatic hydroxyl groups is 4. The number of pyridine rings is 1. The third kappa shape index (κ3) is 4.75. The van der Waals surface area contributed by atoms with E-state index in [1.54, 1.807) is 18.2 Å². The van der Waals surface area contributed by atoms with Crippen LogP contribution >= 0.6 is 0 Å². The molecule has 3 rings (SSSR count). The molecular formula is C21H26NO7+. The summed E-state index contributed by atoms with van der Waals surface area (Å²) in [7, 11) is 3.44. The number of aryl methyl sites for hydroxylation is 1. The maximum Gasteiger partial charge on any atom is 0.229 e. The van der Waals surface area contributed by atoms with E-state index in [1.165, 1.54) is 7.11 Å². The van der Waals surface area contributed by atoms with Gasteiger partial charge in [0.2, 0.25) is 12.0 Å². The summed E-state index contributed by atoms with van der Waals surface area (Å²) in [5.74, 6) is 0.695. The first-order valence-electron chi connectivity index (χ1n) is 9.22. The Balaban J connectivity index is 1.78. The Kier molecular flexibility index (Phi) is 6.83. The molecule has 0 amide bonds. The molecule has 156 valence electrons. The molecule has 2 aromatic rings. The Morgan fingerprint density at radius 1 is 1.03 bits per heavy atom. The first-order chi connectivity index (χ1) is 13.9. The molecule has 0 radical (unpaired) electrons. The molecule has 8 nitrogen and oxygen atoms in total. The summed E-state index contributed by atoms with van der Waals surface area (Å²) >= 11 is 0.